The Hall–Kier alpha value is -2.35. The number of hydrogen-bond acceptors (Lipinski definition) is 3. The summed E-state index contributed by atoms with van der Waals surface area (Å²) in [4.78, 5) is 10.4. The molecule has 0 saturated heterocycles. The van der Waals surface area contributed by atoms with Crippen molar-refractivity contribution in [2.24, 2.45) is 0 Å². The minimum Gasteiger partial charge on any atom is -0.295 e. The molecule has 0 aromatic heterocycles. The Morgan fingerprint density at radius 1 is 1.04 bits per heavy atom. The van der Waals surface area contributed by atoms with Crippen LogP contribution in [0.3, 0.4) is 0 Å². The number of carbonyl (C=O) groups excluding carboxylic acids is 1. The molecular weight excluding hydrogens is 331 g/mol. The molecule has 1 N–H and O–H groups in total. The molecule has 2 aromatic rings. The Labute approximate surface area is 131 Å². The molecule has 2 aromatic carbocycles. The van der Waals surface area contributed by atoms with Crippen molar-refractivity contribution >= 4 is 21.5 Å². The van der Waals surface area contributed by atoms with Crippen LogP contribution in [-0.4, -0.2) is 14.2 Å². The topological polar surface area (TPSA) is 63.2 Å². The Morgan fingerprint density at radius 3 is 2.30 bits per heavy atom. The van der Waals surface area contributed by atoms with Crippen molar-refractivity contribution in [2.45, 2.75) is 18.0 Å². The molecule has 0 aliphatic rings. The first-order valence-corrected chi connectivity index (χ1v) is 7.89. The zero-order valence-corrected chi connectivity index (χ0v) is 12.7. The van der Waals surface area contributed by atoms with Crippen LogP contribution in [0.4, 0.5) is 18.9 Å². The van der Waals surface area contributed by atoms with Crippen molar-refractivity contribution in [1.29, 1.82) is 0 Å². The smallest absolute Gasteiger partial charge is 0.295 e. The van der Waals surface area contributed by atoms with Crippen LogP contribution >= 0.6 is 0 Å². The highest BCUT2D eigenvalue weighted by Crippen LogP contribution is 2.34. The predicted molar refractivity (Wildman–Crippen MR) is 78.7 cm³/mol. The zero-order chi connectivity index (χ0) is 17.3. The SMILES string of the molecule is CC(=O)c1cccc(NS(=O)(=O)c2ccccc2C(F)(F)F)c1. The van der Waals surface area contributed by atoms with Gasteiger partial charge in [-0.15, -0.1) is 0 Å². The molecule has 0 unspecified atom stereocenters. The van der Waals surface area contributed by atoms with Crippen molar-refractivity contribution in [3.63, 3.8) is 0 Å². The lowest BCUT2D eigenvalue weighted by Gasteiger charge is -2.14. The Morgan fingerprint density at radius 2 is 1.70 bits per heavy atom. The Bertz CT molecular complexity index is 845. The average Bonchev–Trinajstić information content (AvgIpc) is 2.46. The van der Waals surface area contributed by atoms with Gasteiger partial charge in [0, 0.05) is 11.3 Å². The number of anilines is 1. The molecule has 0 spiro atoms. The van der Waals surface area contributed by atoms with E-state index < -0.39 is 26.7 Å². The Kier molecular flexibility index (Phi) is 4.46. The second kappa shape index (κ2) is 6.04. The van der Waals surface area contributed by atoms with E-state index in [1.165, 1.54) is 37.3 Å². The number of halogens is 3. The van der Waals surface area contributed by atoms with Gasteiger partial charge in [0.05, 0.1) is 10.5 Å². The van der Waals surface area contributed by atoms with Gasteiger partial charge in [0.2, 0.25) is 0 Å². The van der Waals surface area contributed by atoms with E-state index in [-0.39, 0.29) is 17.0 Å². The summed E-state index contributed by atoms with van der Waals surface area (Å²) < 4.78 is 65.4. The molecule has 0 aliphatic heterocycles. The largest absolute Gasteiger partial charge is 0.417 e. The van der Waals surface area contributed by atoms with Crippen LogP contribution in [0.15, 0.2) is 53.4 Å². The average molecular weight is 343 g/mol. The molecule has 0 radical (unpaired) electrons. The van der Waals surface area contributed by atoms with E-state index in [1.807, 2.05) is 0 Å². The predicted octanol–water partition coefficient (Wildman–Crippen LogP) is 3.71. The number of carbonyl (C=O) groups is 1. The summed E-state index contributed by atoms with van der Waals surface area (Å²) in [5, 5.41) is 0. The van der Waals surface area contributed by atoms with E-state index in [1.54, 1.807) is 0 Å². The molecule has 0 amide bonds. The van der Waals surface area contributed by atoms with Gasteiger partial charge in [-0.2, -0.15) is 13.2 Å². The van der Waals surface area contributed by atoms with Crippen LogP contribution < -0.4 is 4.72 Å². The lowest BCUT2D eigenvalue weighted by Crippen LogP contribution is -2.19. The quantitative estimate of drug-likeness (QED) is 0.861. The third-order valence-electron chi connectivity index (χ3n) is 3.00. The highest BCUT2D eigenvalue weighted by molar-refractivity contribution is 7.92. The van der Waals surface area contributed by atoms with E-state index in [2.05, 4.69) is 4.72 Å². The van der Waals surface area contributed by atoms with E-state index in [4.69, 9.17) is 0 Å². The number of rotatable bonds is 4. The van der Waals surface area contributed by atoms with Crippen molar-refractivity contribution in [1.82, 2.24) is 0 Å². The maximum absolute atomic E-state index is 13.0. The second-order valence-corrected chi connectivity index (χ2v) is 6.39. The minimum absolute atomic E-state index is 0.00896. The van der Waals surface area contributed by atoms with Gasteiger partial charge in [-0.25, -0.2) is 8.42 Å². The summed E-state index contributed by atoms with van der Waals surface area (Å²) in [6, 6.07) is 9.40. The summed E-state index contributed by atoms with van der Waals surface area (Å²) in [6.45, 7) is 1.30. The minimum atomic E-state index is -4.80. The molecule has 122 valence electrons. The van der Waals surface area contributed by atoms with Crippen molar-refractivity contribution in [2.75, 3.05) is 4.72 Å². The molecule has 8 heteroatoms. The first-order chi connectivity index (χ1) is 10.6. The summed E-state index contributed by atoms with van der Waals surface area (Å²) >= 11 is 0. The summed E-state index contributed by atoms with van der Waals surface area (Å²) in [5.41, 5.74) is -1.00. The summed E-state index contributed by atoms with van der Waals surface area (Å²) in [6.07, 6.45) is -4.80. The van der Waals surface area contributed by atoms with Gasteiger partial charge in [0.25, 0.3) is 10.0 Å². The first-order valence-electron chi connectivity index (χ1n) is 6.41. The molecule has 0 heterocycles. The van der Waals surface area contributed by atoms with Crippen LogP contribution in [-0.2, 0) is 16.2 Å². The molecule has 4 nitrogen and oxygen atoms in total. The number of benzene rings is 2. The third kappa shape index (κ3) is 3.89. The summed E-state index contributed by atoms with van der Waals surface area (Å²) in [7, 11) is -4.45. The molecule has 2 rings (SSSR count). The summed E-state index contributed by atoms with van der Waals surface area (Å²) in [5.74, 6) is -0.290. The zero-order valence-electron chi connectivity index (χ0n) is 11.9. The normalized spacial score (nSPS) is 12.0. The maximum atomic E-state index is 13.0. The van der Waals surface area contributed by atoms with Crippen molar-refractivity contribution in [3.05, 3.63) is 59.7 Å². The van der Waals surface area contributed by atoms with Crippen LogP contribution in [0, 0.1) is 0 Å². The van der Waals surface area contributed by atoms with Crippen LogP contribution in [0.25, 0.3) is 0 Å². The maximum Gasteiger partial charge on any atom is 0.417 e. The third-order valence-corrected chi connectivity index (χ3v) is 4.44. The van der Waals surface area contributed by atoms with Crippen LogP contribution in [0.5, 0.6) is 0 Å². The highest BCUT2D eigenvalue weighted by atomic mass is 32.2. The van der Waals surface area contributed by atoms with Gasteiger partial charge >= 0.3 is 6.18 Å². The fraction of sp³-hybridized carbons (Fsp3) is 0.133. The molecule has 0 fully saturated rings. The number of Topliss-reactive ketones (excluding diaryl/α,β-unsaturated/α-hetero) is 1. The van der Waals surface area contributed by atoms with Gasteiger partial charge in [0.15, 0.2) is 5.78 Å². The Balaban J connectivity index is 2.45. The fourth-order valence-electron chi connectivity index (χ4n) is 1.95. The number of alkyl halides is 3. The van der Waals surface area contributed by atoms with Crippen molar-refractivity contribution in [3.8, 4) is 0 Å². The van der Waals surface area contributed by atoms with E-state index in [9.17, 15) is 26.4 Å². The molecule has 23 heavy (non-hydrogen) atoms. The van der Waals surface area contributed by atoms with E-state index in [0.29, 0.717) is 6.07 Å². The molecular formula is C15H12F3NO3S. The first kappa shape index (κ1) is 17.0. The van der Waals surface area contributed by atoms with Gasteiger partial charge in [-0.3, -0.25) is 9.52 Å². The number of sulfonamides is 1. The standard InChI is InChI=1S/C15H12F3NO3S/c1-10(20)11-5-4-6-12(9-11)19-23(21,22)14-8-3-2-7-13(14)15(16,17)18/h2-9,19H,1H3. The fourth-order valence-corrected chi connectivity index (χ4v) is 3.23. The second-order valence-electron chi connectivity index (χ2n) is 4.74. The van der Waals surface area contributed by atoms with Crippen LogP contribution in [0.1, 0.15) is 22.8 Å². The van der Waals surface area contributed by atoms with Gasteiger partial charge in [0.1, 0.15) is 0 Å². The lowest BCUT2D eigenvalue weighted by atomic mass is 10.1. The molecule has 0 bridgehead atoms. The van der Waals surface area contributed by atoms with Gasteiger partial charge in [-0.05, 0) is 31.2 Å². The number of nitrogens with one attached hydrogen (secondary N) is 1. The van der Waals surface area contributed by atoms with Gasteiger partial charge in [-0.1, -0.05) is 24.3 Å². The monoisotopic (exact) mass is 343 g/mol. The van der Waals surface area contributed by atoms with Gasteiger partial charge < -0.3 is 0 Å². The molecule has 0 saturated carbocycles. The highest BCUT2D eigenvalue weighted by Gasteiger charge is 2.36. The lowest BCUT2D eigenvalue weighted by molar-refractivity contribution is -0.139. The van der Waals surface area contributed by atoms with E-state index >= 15 is 0 Å². The number of hydrogen-bond donors (Lipinski definition) is 1. The van der Waals surface area contributed by atoms with E-state index in [0.717, 1.165) is 12.1 Å². The van der Waals surface area contributed by atoms with Crippen LogP contribution in [0.2, 0.25) is 0 Å². The number of ketones is 1. The molecule has 0 aliphatic carbocycles. The van der Waals surface area contributed by atoms with Crippen molar-refractivity contribution < 1.29 is 26.4 Å². The molecule has 0 atom stereocenters.